The fraction of sp³-hybridized carbons (Fsp3) is 0.381. The number of likely N-dealkylation sites (tertiary alicyclic amines) is 1. The summed E-state index contributed by atoms with van der Waals surface area (Å²) in [6, 6.07) is 18.5. The van der Waals surface area contributed by atoms with Crippen molar-refractivity contribution in [1.29, 1.82) is 0 Å². The van der Waals surface area contributed by atoms with Gasteiger partial charge < -0.3 is 19.7 Å². The van der Waals surface area contributed by atoms with Crippen molar-refractivity contribution in [2.75, 3.05) is 19.0 Å². The molecule has 2 aromatic rings. The summed E-state index contributed by atoms with van der Waals surface area (Å²) in [5, 5.41) is 3.61. The molecule has 1 aliphatic heterocycles. The van der Waals surface area contributed by atoms with E-state index in [2.05, 4.69) is 5.32 Å². The molecule has 3 atom stereocenters. The maximum Gasteiger partial charge on any atom is 0.410 e. The van der Waals surface area contributed by atoms with Gasteiger partial charge in [0.1, 0.15) is 12.4 Å². The van der Waals surface area contributed by atoms with Gasteiger partial charge in [0.25, 0.3) is 0 Å². The number of fused-ring (bicyclic) bond motifs is 2. The lowest BCUT2D eigenvalue weighted by Crippen LogP contribution is -2.43. The lowest BCUT2D eigenvalue weighted by atomic mass is 10.0. The van der Waals surface area contributed by atoms with Gasteiger partial charge in [0.2, 0.25) is 0 Å². The van der Waals surface area contributed by atoms with Gasteiger partial charge >= 0.3 is 6.09 Å². The van der Waals surface area contributed by atoms with Crippen molar-refractivity contribution >= 4 is 11.8 Å². The predicted molar refractivity (Wildman–Crippen MR) is 100 cm³/mol. The van der Waals surface area contributed by atoms with Crippen molar-refractivity contribution in [3.63, 3.8) is 0 Å². The fourth-order valence-electron chi connectivity index (χ4n) is 4.06. The molecule has 1 aliphatic carbocycles. The quantitative estimate of drug-likeness (QED) is 0.886. The Labute approximate surface area is 153 Å². The van der Waals surface area contributed by atoms with Crippen LogP contribution in [0.5, 0.6) is 5.75 Å². The first-order chi connectivity index (χ1) is 12.7. The fourth-order valence-corrected chi connectivity index (χ4v) is 4.06. The molecule has 136 valence electrons. The molecule has 2 aliphatic rings. The molecule has 4 rings (SSSR count). The summed E-state index contributed by atoms with van der Waals surface area (Å²) in [4.78, 5) is 14.3. The molecular weight excluding hydrogens is 328 g/mol. The molecule has 2 bridgehead atoms. The van der Waals surface area contributed by atoms with Crippen molar-refractivity contribution in [3.05, 3.63) is 60.2 Å². The number of nitrogens with zero attached hydrogens (tertiary/aromatic N) is 1. The number of amides is 1. The zero-order chi connectivity index (χ0) is 17.9. The molecule has 1 saturated heterocycles. The highest BCUT2D eigenvalue weighted by molar-refractivity contribution is 5.69. The van der Waals surface area contributed by atoms with E-state index >= 15 is 0 Å². The van der Waals surface area contributed by atoms with Crippen molar-refractivity contribution < 1.29 is 14.3 Å². The Morgan fingerprint density at radius 1 is 1.12 bits per heavy atom. The molecule has 0 aromatic heterocycles. The van der Waals surface area contributed by atoms with E-state index in [9.17, 15) is 4.79 Å². The van der Waals surface area contributed by atoms with E-state index in [0.29, 0.717) is 18.6 Å². The molecule has 26 heavy (non-hydrogen) atoms. The van der Waals surface area contributed by atoms with E-state index in [1.807, 2.05) is 59.5 Å². The molecule has 2 aromatic carbocycles. The van der Waals surface area contributed by atoms with Crippen LogP contribution in [0.15, 0.2) is 54.6 Å². The van der Waals surface area contributed by atoms with Crippen molar-refractivity contribution in [2.24, 2.45) is 5.92 Å². The number of anilines is 1. The first kappa shape index (κ1) is 16.8. The summed E-state index contributed by atoms with van der Waals surface area (Å²) in [5.41, 5.74) is 2.12. The van der Waals surface area contributed by atoms with Crippen LogP contribution in [-0.4, -0.2) is 36.7 Å². The molecule has 5 heteroatoms. The summed E-state index contributed by atoms with van der Waals surface area (Å²) < 4.78 is 10.7. The zero-order valence-electron chi connectivity index (χ0n) is 14.9. The second-order valence-corrected chi connectivity index (χ2v) is 7.06. The molecular formula is C21H24N2O3. The standard InChI is InChI=1S/C21H24N2O3/c1-25-19-9-7-17(8-10-19)22-20-12-18-11-16(20)13-23(18)21(24)26-14-15-5-3-2-4-6-15/h2-10,16,18,20,22H,11-14H2,1H3/t16-,18-,20-/m1/s1. The molecule has 0 spiro atoms. The third-order valence-corrected chi connectivity index (χ3v) is 5.42. The number of benzene rings is 2. The number of methoxy groups -OCH3 is 1. The topological polar surface area (TPSA) is 50.8 Å². The van der Waals surface area contributed by atoms with Crippen LogP contribution in [0.3, 0.4) is 0 Å². The lowest BCUT2D eigenvalue weighted by Gasteiger charge is -2.31. The maximum atomic E-state index is 12.4. The van der Waals surface area contributed by atoms with E-state index in [-0.39, 0.29) is 12.1 Å². The number of hydrogen-bond donors (Lipinski definition) is 1. The average Bonchev–Trinajstić information content (AvgIpc) is 3.28. The second kappa shape index (κ2) is 7.28. The number of piperidine rings is 1. The van der Waals surface area contributed by atoms with Crippen LogP contribution < -0.4 is 10.1 Å². The van der Waals surface area contributed by atoms with Gasteiger partial charge in [-0.1, -0.05) is 30.3 Å². The summed E-state index contributed by atoms with van der Waals surface area (Å²) in [6.07, 6.45) is 1.83. The molecule has 1 amide bonds. The minimum absolute atomic E-state index is 0.191. The van der Waals surface area contributed by atoms with Crippen LogP contribution in [0, 0.1) is 5.92 Å². The Bertz CT molecular complexity index is 748. The van der Waals surface area contributed by atoms with Crippen LogP contribution in [-0.2, 0) is 11.3 Å². The van der Waals surface area contributed by atoms with Gasteiger partial charge in [-0.3, -0.25) is 0 Å². The molecule has 0 unspecified atom stereocenters. The molecule has 0 radical (unpaired) electrons. The maximum absolute atomic E-state index is 12.4. The Kier molecular flexibility index (Phi) is 4.69. The minimum atomic E-state index is -0.191. The third kappa shape index (κ3) is 3.47. The highest BCUT2D eigenvalue weighted by atomic mass is 16.6. The van der Waals surface area contributed by atoms with Crippen molar-refractivity contribution in [3.8, 4) is 5.75 Å². The van der Waals surface area contributed by atoms with E-state index in [0.717, 1.165) is 36.4 Å². The van der Waals surface area contributed by atoms with Gasteiger partial charge in [-0.05, 0) is 48.6 Å². The molecule has 1 saturated carbocycles. The molecule has 1 N–H and O–H groups in total. The number of ether oxygens (including phenoxy) is 2. The predicted octanol–water partition coefficient (Wildman–Crippen LogP) is 3.91. The van der Waals surface area contributed by atoms with E-state index in [1.54, 1.807) is 7.11 Å². The summed E-state index contributed by atoms with van der Waals surface area (Å²) in [6.45, 7) is 1.10. The Hall–Kier alpha value is -2.69. The lowest BCUT2D eigenvalue weighted by molar-refractivity contribution is 0.0842. The van der Waals surface area contributed by atoms with Crippen LogP contribution in [0.2, 0.25) is 0 Å². The van der Waals surface area contributed by atoms with Gasteiger partial charge in [-0.2, -0.15) is 0 Å². The Morgan fingerprint density at radius 2 is 1.88 bits per heavy atom. The van der Waals surface area contributed by atoms with Gasteiger partial charge in [0.15, 0.2) is 0 Å². The van der Waals surface area contributed by atoms with Crippen LogP contribution in [0.1, 0.15) is 18.4 Å². The first-order valence-corrected chi connectivity index (χ1v) is 9.11. The Morgan fingerprint density at radius 3 is 2.54 bits per heavy atom. The van der Waals surface area contributed by atoms with Crippen LogP contribution >= 0.6 is 0 Å². The number of hydrogen-bond acceptors (Lipinski definition) is 4. The van der Waals surface area contributed by atoms with Gasteiger partial charge in [-0.15, -0.1) is 0 Å². The van der Waals surface area contributed by atoms with E-state index in [4.69, 9.17) is 9.47 Å². The van der Waals surface area contributed by atoms with Crippen LogP contribution in [0.25, 0.3) is 0 Å². The van der Waals surface area contributed by atoms with Crippen LogP contribution in [0.4, 0.5) is 10.5 Å². The monoisotopic (exact) mass is 352 g/mol. The number of rotatable bonds is 5. The van der Waals surface area contributed by atoms with Gasteiger partial charge in [0, 0.05) is 24.3 Å². The van der Waals surface area contributed by atoms with E-state index in [1.165, 1.54) is 0 Å². The highest BCUT2D eigenvalue weighted by Crippen LogP contribution is 2.39. The molecule has 1 heterocycles. The second-order valence-electron chi connectivity index (χ2n) is 7.06. The van der Waals surface area contributed by atoms with Gasteiger partial charge in [-0.25, -0.2) is 4.79 Å². The number of carbonyl (C=O) groups excluding carboxylic acids is 1. The number of carbonyl (C=O) groups is 1. The number of nitrogens with one attached hydrogen (secondary N) is 1. The highest BCUT2D eigenvalue weighted by Gasteiger charge is 2.47. The minimum Gasteiger partial charge on any atom is -0.497 e. The van der Waals surface area contributed by atoms with Gasteiger partial charge in [0.05, 0.1) is 7.11 Å². The smallest absolute Gasteiger partial charge is 0.410 e. The largest absolute Gasteiger partial charge is 0.497 e. The molecule has 2 fully saturated rings. The first-order valence-electron chi connectivity index (χ1n) is 9.11. The van der Waals surface area contributed by atoms with E-state index < -0.39 is 0 Å². The Balaban J connectivity index is 1.29. The normalized spacial score (nSPS) is 23.7. The van der Waals surface area contributed by atoms with Crippen molar-refractivity contribution in [1.82, 2.24) is 4.90 Å². The van der Waals surface area contributed by atoms with Crippen molar-refractivity contribution in [2.45, 2.75) is 31.5 Å². The summed E-state index contributed by atoms with van der Waals surface area (Å²) in [7, 11) is 1.67. The average molecular weight is 352 g/mol. The summed E-state index contributed by atoms with van der Waals surface area (Å²) >= 11 is 0. The summed E-state index contributed by atoms with van der Waals surface area (Å²) in [5.74, 6) is 1.34. The third-order valence-electron chi connectivity index (χ3n) is 5.42. The zero-order valence-corrected chi connectivity index (χ0v) is 14.9. The SMILES string of the molecule is COc1ccc(N[C@@H]2C[C@H]3C[C@@H]2CN3C(=O)OCc2ccccc2)cc1. The molecule has 5 nitrogen and oxygen atoms in total.